The topological polar surface area (TPSA) is 39.7 Å². The van der Waals surface area contributed by atoms with Crippen molar-refractivity contribution in [3.05, 3.63) is 0 Å². The van der Waals surface area contributed by atoms with Gasteiger partial charge in [-0.1, -0.05) is 13.3 Å². The monoisotopic (exact) mass is 307 g/mol. The van der Waals surface area contributed by atoms with Crippen LogP contribution in [-0.4, -0.2) is 58.6 Å². The molecule has 0 saturated heterocycles. The van der Waals surface area contributed by atoms with Gasteiger partial charge in [-0.25, -0.2) is 0 Å². The molecule has 1 aliphatic rings. The van der Waals surface area contributed by atoms with E-state index in [1.54, 1.807) is 0 Å². The molecule has 20 heavy (non-hydrogen) atoms. The van der Waals surface area contributed by atoms with Crippen LogP contribution in [0.4, 0.5) is 0 Å². The average Bonchev–Trinajstić information content (AvgIpc) is 3.24. The molecule has 0 aromatic carbocycles. The zero-order valence-electron chi connectivity index (χ0n) is 12.8. The van der Waals surface area contributed by atoms with Crippen molar-refractivity contribution in [1.29, 1.82) is 0 Å². The summed E-state index contributed by atoms with van der Waals surface area (Å²) in [4.78, 5) is 0. The molecule has 0 atom stereocenters. The summed E-state index contributed by atoms with van der Waals surface area (Å²) in [7, 11) is 0. The summed E-state index contributed by atoms with van der Waals surface area (Å²) >= 11 is 5.91. The number of nitrogens with one attached hydrogen (secondary N) is 1. The van der Waals surface area contributed by atoms with Crippen molar-refractivity contribution >= 4 is 11.6 Å². The Labute approximate surface area is 128 Å². The minimum atomic E-state index is 0.391. The summed E-state index contributed by atoms with van der Waals surface area (Å²) in [6.45, 7) is 8.27. The lowest BCUT2D eigenvalue weighted by Crippen LogP contribution is -2.28. The van der Waals surface area contributed by atoms with Gasteiger partial charge in [-0.15, -0.1) is 11.6 Å². The average molecular weight is 308 g/mol. The van der Waals surface area contributed by atoms with Crippen molar-refractivity contribution in [3.63, 3.8) is 0 Å². The highest BCUT2D eigenvalue weighted by Crippen LogP contribution is 2.45. The lowest BCUT2D eigenvalue weighted by Gasteiger charge is -2.12. The van der Waals surface area contributed by atoms with Gasteiger partial charge < -0.3 is 19.5 Å². The molecular weight excluding hydrogens is 278 g/mol. The summed E-state index contributed by atoms with van der Waals surface area (Å²) < 4.78 is 16.3. The minimum absolute atomic E-state index is 0.391. The minimum Gasteiger partial charge on any atom is -0.379 e. The van der Waals surface area contributed by atoms with Crippen LogP contribution in [0.5, 0.6) is 0 Å². The quantitative estimate of drug-likeness (QED) is 0.373. The first kappa shape index (κ1) is 18.2. The third kappa shape index (κ3) is 9.14. The van der Waals surface area contributed by atoms with Crippen molar-refractivity contribution in [2.75, 3.05) is 58.6 Å². The molecule has 1 saturated carbocycles. The Morgan fingerprint density at radius 3 is 2.10 bits per heavy atom. The summed E-state index contributed by atoms with van der Waals surface area (Å²) in [5.74, 6) is 0.773. The number of alkyl halides is 1. The highest BCUT2D eigenvalue weighted by molar-refractivity contribution is 6.18. The predicted octanol–water partition coefficient (Wildman–Crippen LogP) is 2.44. The summed E-state index contributed by atoms with van der Waals surface area (Å²) in [5.41, 5.74) is 0.391. The molecule has 0 radical (unpaired) electrons. The Hall–Kier alpha value is 0.130. The fourth-order valence-electron chi connectivity index (χ4n) is 1.82. The van der Waals surface area contributed by atoms with Crippen molar-refractivity contribution in [2.45, 2.75) is 32.6 Å². The largest absolute Gasteiger partial charge is 0.379 e. The number of rotatable bonds is 15. The Bertz CT molecular complexity index is 225. The van der Waals surface area contributed by atoms with Crippen LogP contribution in [0.1, 0.15) is 32.6 Å². The maximum atomic E-state index is 5.91. The summed E-state index contributed by atoms with van der Waals surface area (Å²) in [6, 6.07) is 0. The number of hydrogen-bond donors (Lipinski definition) is 1. The van der Waals surface area contributed by atoms with Gasteiger partial charge in [-0.2, -0.15) is 0 Å². The van der Waals surface area contributed by atoms with Gasteiger partial charge in [0.15, 0.2) is 0 Å². The molecule has 5 heteroatoms. The maximum Gasteiger partial charge on any atom is 0.0701 e. The first-order valence-electron chi connectivity index (χ1n) is 7.83. The van der Waals surface area contributed by atoms with E-state index < -0.39 is 0 Å². The first-order chi connectivity index (χ1) is 9.83. The van der Waals surface area contributed by atoms with E-state index in [1.165, 1.54) is 19.3 Å². The van der Waals surface area contributed by atoms with Crippen LogP contribution >= 0.6 is 11.6 Å². The van der Waals surface area contributed by atoms with Crippen LogP contribution < -0.4 is 5.32 Å². The zero-order chi connectivity index (χ0) is 14.5. The van der Waals surface area contributed by atoms with Crippen molar-refractivity contribution in [3.8, 4) is 0 Å². The number of halogens is 1. The number of hydrogen-bond acceptors (Lipinski definition) is 4. The van der Waals surface area contributed by atoms with Crippen LogP contribution in [0.2, 0.25) is 0 Å². The van der Waals surface area contributed by atoms with E-state index >= 15 is 0 Å². The number of ether oxygens (including phenoxy) is 3. The molecule has 120 valence electrons. The second-order valence-corrected chi connectivity index (χ2v) is 5.77. The lowest BCUT2D eigenvalue weighted by atomic mass is 10.1. The van der Waals surface area contributed by atoms with Gasteiger partial charge in [0.2, 0.25) is 0 Å². The van der Waals surface area contributed by atoms with E-state index in [0.29, 0.717) is 31.8 Å². The van der Waals surface area contributed by atoms with Gasteiger partial charge in [-0.3, -0.25) is 0 Å². The Morgan fingerprint density at radius 2 is 1.55 bits per heavy atom. The second-order valence-electron chi connectivity index (χ2n) is 5.50. The lowest BCUT2D eigenvalue weighted by molar-refractivity contribution is 0.0146. The smallest absolute Gasteiger partial charge is 0.0701 e. The molecule has 1 fully saturated rings. The molecular formula is C15H30ClNO3. The second kappa shape index (κ2) is 11.8. The zero-order valence-corrected chi connectivity index (χ0v) is 13.6. The van der Waals surface area contributed by atoms with Crippen molar-refractivity contribution < 1.29 is 14.2 Å². The van der Waals surface area contributed by atoms with Gasteiger partial charge >= 0.3 is 0 Å². The highest BCUT2D eigenvalue weighted by atomic mass is 35.5. The molecule has 0 amide bonds. The molecule has 0 heterocycles. The van der Waals surface area contributed by atoms with Crippen LogP contribution in [0, 0.1) is 5.41 Å². The fourth-order valence-corrected chi connectivity index (χ4v) is 2.18. The van der Waals surface area contributed by atoms with Crippen LogP contribution in [0.15, 0.2) is 0 Å². The Balaban J connectivity index is 1.68. The molecule has 1 rings (SSSR count). The molecule has 0 aromatic heterocycles. The molecule has 1 aliphatic carbocycles. The van der Waals surface area contributed by atoms with Gasteiger partial charge in [0, 0.05) is 25.6 Å². The molecule has 0 aliphatic heterocycles. The maximum absolute atomic E-state index is 5.91. The number of unbranched alkanes of at least 4 members (excludes halogenated alkanes) is 1. The van der Waals surface area contributed by atoms with Crippen molar-refractivity contribution in [1.82, 2.24) is 5.32 Å². The molecule has 4 nitrogen and oxygen atoms in total. The third-order valence-electron chi connectivity index (χ3n) is 3.55. The van der Waals surface area contributed by atoms with E-state index in [4.69, 9.17) is 25.8 Å². The van der Waals surface area contributed by atoms with Crippen LogP contribution in [0.25, 0.3) is 0 Å². The van der Waals surface area contributed by atoms with E-state index in [2.05, 4.69) is 12.2 Å². The Kier molecular flexibility index (Phi) is 10.7. The van der Waals surface area contributed by atoms with Crippen LogP contribution in [0.3, 0.4) is 0 Å². The molecule has 0 aromatic rings. The summed E-state index contributed by atoms with van der Waals surface area (Å²) in [6.07, 6.45) is 4.83. The molecule has 0 bridgehead atoms. The van der Waals surface area contributed by atoms with E-state index in [9.17, 15) is 0 Å². The standard InChI is InChI=1S/C15H30ClNO3/c1-2-3-7-18-9-11-20-12-10-19-8-6-17-14-15(13-16)4-5-15/h17H,2-14H2,1H3. The fraction of sp³-hybridized carbons (Fsp3) is 1.00. The van der Waals surface area contributed by atoms with Gasteiger partial charge in [0.25, 0.3) is 0 Å². The summed E-state index contributed by atoms with van der Waals surface area (Å²) in [5, 5.41) is 3.40. The molecule has 1 N–H and O–H groups in total. The molecule has 0 unspecified atom stereocenters. The van der Waals surface area contributed by atoms with E-state index in [1.807, 2.05) is 0 Å². The van der Waals surface area contributed by atoms with Gasteiger partial charge in [0.1, 0.15) is 0 Å². The molecule has 0 spiro atoms. The van der Waals surface area contributed by atoms with Crippen molar-refractivity contribution in [2.24, 2.45) is 5.41 Å². The highest BCUT2D eigenvalue weighted by Gasteiger charge is 2.40. The van der Waals surface area contributed by atoms with Gasteiger partial charge in [0.05, 0.1) is 33.0 Å². The predicted molar refractivity (Wildman–Crippen MR) is 82.6 cm³/mol. The third-order valence-corrected chi connectivity index (χ3v) is 4.12. The van der Waals surface area contributed by atoms with Gasteiger partial charge in [-0.05, 0) is 24.7 Å². The van der Waals surface area contributed by atoms with Crippen LogP contribution in [-0.2, 0) is 14.2 Å². The normalized spacial score (nSPS) is 16.5. The Morgan fingerprint density at radius 1 is 0.950 bits per heavy atom. The van der Waals surface area contributed by atoms with E-state index in [-0.39, 0.29) is 0 Å². The SMILES string of the molecule is CCCCOCCOCCOCCNCC1(CCl)CC1. The van der Waals surface area contributed by atoms with E-state index in [0.717, 1.165) is 38.6 Å². The first-order valence-corrected chi connectivity index (χ1v) is 8.36.